The summed E-state index contributed by atoms with van der Waals surface area (Å²) in [5.41, 5.74) is 0.181. The number of nitrogens with zero attached hydrogens (tertiary/aromatic N) is 1. The van der Waals surface area contributed by atoms with Gasteiger partial charge < -0.3 is 20.3 Å². The third kappa shape index (κ3) is 8.36. The van der Waals surface area contributed by atoms with Gasteiger partial charge in [-0.3, -0.25) is 9.59 Å². The van der Waals surface area contributed by atoms with Crippen LogP contribution >= 0.6 is 23.2 Å². The van der Waals surface area contributed by atoms with Crippen LogP contribution in [0.15, 0.2) is 30.4 Å². The summed E-state index contributed by atoms with van der Waals surface area (Å²) in [6, 6.07) is 4.17. The molecule has 1 fully saturated rings. The summed E-state index contributed by atoms with van der Waals surface area (Å²) in [6.45, 7) is 5.98. The highest BCUT2D eigenvalue weighted by molar-refractivity contribution is 6.42. The van der Waals surface area contributed by atoms with Crippen LogP contribution in [-0.4, -0.2) is 54.1 Å². The second kappa shape index (κ2) is 11.6. The van der Waals surface area contributed by atoms with E-state index in [0.29, 0.717) is 29.4 Å². The SMILES string of the molecule is CN(C(=O)OC(C)(C)C)[C@@H](/C=C/C(=O)N[C@@H]1CCCCNC1=O)Cc1ccc(Cl)c(Cl)c1. The topological polar surface area (TPSA) is 87.7 Å². The van der Waals surface area contributed by atoms with Gasteiger partial charge in [-0.15, -0.1) is 0 Å². The molecule has 3 amide bonds. The number of rotatable bonds is 6. The number of nitrogens with one attached hydrogen (secondary N) is 2. The maximum atomic E-state index is 12.6. The molecule has 2 rings (SSSR count). The lowest BCUT2D eigenvalue weighted by Crippen LogP contribution is -2.45. The number of carbonyl (C=O) groups excluding carboxylic acids is 3. The molecule has 0 aliphatic carbocycles. The summed E-state index contributed by atoms with van der Waals surface area (Å²) in [7, 11) is 1.61. The fourth-order valence-corrected chi connectivity index (χ4v) is 3.53. The zero-order chi connectivity index (χ0) is 23.9. The van der Waals surface area contributed by atoms with Gasteiger partial charge in [0.2, 0.25) is 11.8 Å². The lowest BCUT2D eigenvalue weighted by atomic mass is 10.0. The van der Waals surface area contributed by atoms with Crippen LogP contribution in [-0.2, 0) is 20.7 Å². The first-order chi connectivity index (χ1) is 15.0. The Kier molecular flexibility index (Phi) is 9.40. The number of ether oxygens (including phenoxy) is 1. The van der Waals surface area contributed by atoms with Crippen molar-refractivity contribution in [3.63, 3.8) is 0 Å². The third-order valence-corrected chi connectivity index (χ3v) is 5.67. The van der Waals surface area contributed by atoms with Gasteiger partial charge in [-0.25, -0.2) is 4.79 Å². The third-order valence-electron chi connectivity index (χ3n) is 4.93. The number of likely N-dealkylation sites (N-methyl/N-ethyl adjacent to an activating group) is 1. The Labute approximate surface area is 199 Å². The quantitative estimate of drug-likeness (QED) is 0.595. The minimum Gasteiger partial charge on any atom is -0.444 e. The summed E-state index contributed by atoms with van der Waals surface area (Å²) >= 11 is 12.1. The lowest BCUT2D eigenvalue weighted by molar-refractivity contribution is -0.126. The summed E-state index contributed by atoms with van der Waals surface area (Å²) in [5, 5.41) is 6.37. The zero-order valence-corrected chi connectivity index (χ0v) is 20.4. The van der Waals surface area contributed by atoms with E-state index in [0.717, 1.165) is 18.4 Å². The van der Waals surface area contributed by atoms with Crippen LogP contribution in [0.25, 0.3) is 0 Å². The van der Waals surface area contributed by atoms with Crippen LogP contribution < -0.4 is 10.6 Å². The molecule has 1 aromatic carbocycles. The highest BCUT2D eigenvalue weighted by Crippen LogP contribution is 2.24. The highest BCUT2D eigenvalue weighted by Gasteiger charge is 2.25. The number of benzene rings is 1. The van der Waals surface area contributed by atoms with E-state index in [1.165, 1.54) is 11.0 Å². The van der Waals surface area contributed by atoms with Crippen molar-refractivity contribution in [3.8, 4) is 0 Å². The molecule has 2 N–H and O–H groups in total. The van der Waals surface area contributed by atoms with Gasteiger partial charge in [0.15, 0.2) is 0 Å². The largest absolute Gasteiger partial charge is 0.444 e. The molecule has 2 atom stereocenters. The smallest absolute Gasteiger partial charge is 0.410 e. The Morgan fingerprint density at radius 1 is 1.28 bits per heavy atom. The molecule has 0 spiro atoms. The Balaban J connectivity index is 2.16. The van der Waals surface area contributed by atoms with E-state index in [1.54, 1.807) is 46.0 Å². The summed E-state index contributed by atoms with van der Waals surface area (Å²) in [4.78, 5) is 38.6. The summed E-state index contributed by atoms with van der Waals surface area (Å²) in [5.74, 6) is -0.578. The Hall–Kier alpha value is -2.25. The van der Waals surface area contributed by atoms with Crippen molar-refractivity contribution in [1.82, 2.24) is 15.5 Å². The van der Waals surface area contributed by atoms with E-state index in [4.69, 9.17) is 27.9 Å². The molecule has 32 heavy (non-hydrogen) atoms. The van der Waals surface area contributed by atoms with Crippen molar-refractivity contribution in [1.29, 1.82) is 0 Å². The van der Waals surface area contributed by atoms with Gasteiger partial charge in [0.25, 0.3) is 0 Å². The normalized spacial score (nSPS) is 17.9. The first-order valence-electron chi connectivity index (χ1n) is 10.6. The van der Waals surface area contributed by atoms with Gasteiger partial charge in [0.1, 0.15) is 11.6 Å². The Bertz CT molecular complexity index is 867. The van der Waals surface area contributed by atoms with Crippen LogP contribution in [0.2, 0.25) is 10.0 Å². The lowest BCUT2D eigenvalue weighted by Gasteiger charge is -2.29. The predicted molar refractivity (Wildman–Crippen MR) is 126 cm³/mol. The van der Waals surface area contributed by atoms with Crippen molar-refractivity contribution in [2.45, 2.75) is 64.1 Å². The standard InChI is InChI=1S/C23H31Cl2N3O4/c1-23(2,3)32-22(31)28(4)16(13-15-8-10-17(24)18(25)14-15)9-11-20(29)27-19-7-5-6-12-26-21(19)30/h8-11,14,16,19H,5-7,12-13H2,1-4H3,(H,26,30)(H,27,29)/b11-9+/t16-,19+/m0/s1. The summed E-state index contributed by atoms with van der Waals surface area (Å²) < 4.78 is 5.47. The van der Waals surface area contributed by atoms with Crippen molar-refractivity contribution in [2.24, 2.45) is 0 Å². The molecule has 0 aromatic heterocycles. The average molecular weight is 484 g/mol. The zero-order valence-electron chi connectivity index (χ0n) is 18.9. The predicted octanol–water partition coefficient (Wildman–Crippen LogP) is 4.11. The Morgan fingerprint density at radius 2 is 2.00 bits per heavy atom. The van der Waals surface area contributed by atoms with E-state index in [9.17, 15) is 14.4 Å². The minimum atomic E-state index is -0.659. The fraction of sp³-hybridized carbons (Fsp3) is 0.522. The average Bonchev–Trinajstić information content (AvgIpc) is 2.90. The Morgan fingerprint density at radius 3 is 2.66 bits per heavy atom. The van der Waals surface area contributed by atoms with E-state index in [-0.39, 0.29) is 5.91 Å². The molecule has 1 aromatic rings. The molecular weight excluding hydrogens is 453 g/mol. The van der Waals surface area contributed by atoms with Crippen LogP contribution in [0.5, 0.6) is 0 Å². The number of hydrogen-bond donors (Lipinski definition) is 2. The molecule has 7 nitrogen and oxygen atoms in total. The molecule has 9 heteroatoms. The molecule has 1 saturated heterocycles. The van der Waals surface area contributed by atoms with Crippen LogP contribution in [0.4, 0.5) is 4.79 Å². The maximum Gasteiger partial charge on any atom is 0.410 e. The van der Waals surface area contributed by atoms with Crippen molar-refractivity contribution >= 4 is 41.1 Å². The first-order valence-corrected chi connectivity index (χ1v) is 11.4. The molecule has 1 aliphatic rings. The van der Waals surface area contributed by atoms with E-state index in [1.807, 2.05) is 6.07 Å². The van der Waals surface area contributed by atoms with Gasteiger partial charge in [0, 0.05) is 19.7 Å². The van der Waals surface area contributed by atoms with Gasteiger partial charge in [0.05, 0.1) is 16.1 Å². The van der Waals surface area contributed by atoms with E-state index < -0.39 is 29.7 Å². The van der Waals surface area contributed by atoms with Crippen LogP contribution in [0.1, 0.15) is 45.6 Å². The van der Waals surface area contributed by atoms with Gasteiger partial charge >= 0.3 is 6.09 Å². The van der Waals surface area contributed by atoms with Gasteiger partial charge in [-0.1, -0.05) is 35.3 Å². The minimum absolute atomic E-state index is 0.178. The van der Waals surface area contributed by atoms with Crippen LogP contribution in [0, 0.1) is 0 Å². The van der Waals surface area contributed by atoms with Gasteiger partial charge in [-0.2, -0.15) is 0 Å². The van der Waals surface area contributed by atoms with Crippen molar-refractivity contribution in [3.05, 3.63) is 46.0 Å². The second-order valence-electron chi connectivity index (χ2n) is 8.82. The first kappa shape index (κ1) is 26.0. The molecule has 176 valence electrons. The second-order valence-corrected chi connectivity index (χ2v) is 9.63. The van der Waals surface area contributed by atoms with Gasteiger partial charge in [-0.05, 0) is 64.2 Å². The monoisotopic (exact) mass is 483 g/mol. The molecule has 1 aliphatic heterocycles. The van der Waals surface area contributed by atoms with Crippen molar-refractivity contribution < 1.29 is 19.1 Å². The van der Waals surface area contributed by atoms with Crippen molar-refractivity contribution in [2.75, 3.05) is 13.6 Å². The van der Waals surface area contributed by atoms with E-state index >= 15 is 0 Å². The van der Waals surface area contributed by atoms with E-state index in [2.05, 4.69) is 10.6 Å². The highest BCUT2D eigenvalue weighted by atomic mass is 35.5. The molecule has 0 bridgehead atoms. The maximum absolute atomic E-state index is 12.6. The number of amides is 3. The molecule has 0 unspecified atom stereocenters. The number of hydrogen-bond acceptors (Lipinski definition) is 4. The molecule has 1 heterocycles. The number of carbonyl (C=O) groups is 3. The molecular formula is C23H31Cl2N3O4. The molecule has 0 radical (unpaired) electrons. The number of halogens is 2. The fourth-order valence-electron chi connectivity index (χ4n) is 3.21. The molecule has 0 saturated carbocycles. The van der Waals surface area contributed by atoms with Crippen LogP contribution in [0.3, 0.4) is 0 Å². The summed E-state index contributed by atoms with van der Waals surface area (Å²) in [6.07, 6.45) is 5.18.